The Morgan fingerprint density at radius 3 is 2.23 bits per heavy atom. The second kappa shape index (κ2) is 9.92. The van der Waals surface area contributed by atoms with Crippen molar-refractivity contribution < 1.29 is 18.3 Å². The molecule has 1 atom stereocenters. The smallest absolute Gasteiger partial charge is 0.307 e. The van der Waals surface area contributed by atoms with Crippen molar-refractivity contribution in [3.05, 3.63) is 58.2 Å². The van der Waals surface area contributed by atoms with Crippen LogP contribution in [0.15, 0.2) is 24.3 Å². The molecule has 6 heteroatoms. The van der Waals surface area contributed by atoms with Crippen LogP contribution in [0, 0.1) is 32.4 Å². The molecule has 0 saturated heterocycles. The van der Waals surface area contributed by atoms with Gasteiger partial charge in [-0.3, -0.25) is 9.52 Å². The van der Waals surface area contributed by atoms with E-state index in [4.69, 9.17) is 4.74 Å². The first-order chi connectivity index (χ1) is 13.9. The average Bonchev–Trinajstić information content (AvgIpc) is 2.60. The lowest BCUT2D eigenvalue weighted by molar-refractivity contribution is -0.143. The number of hydrogen-bond donors (Lipinski definition) is 1. The van der Waals surface area contributed by atoms with Crippen LogP contribution in [0.4, 0.5) is 8.78 Å². The molecule has 0 fully saturated rings. The highest BCUT2D eigenvalue weighted by Crippen LogP contribution is 2.35. The van der Waals surface area contributed by atoms with Crippen LogP contribution in [0.5, 0.6) is 0 Å². The van der Waals surface area contributed by atoms with Gasteiger partial charge >= 0.3 is 5.97 Å². The third-order valence-corrected chi connectivity index (χ3v) is 5.60. The molecule has 0 spiro atoms. The van der Waals surface area contributed by atoms with Gasteiger partial charge in [-0.1, -0.05) is 29.6 Å². The number of benzene rings is 2. The summed E-state index contributed by atoms with van der Waals surface area (Å²) in [5.74, 6) is -2.34. The number of esters is 1. The topological polar surface area (TPSA) is 38.3 Å². The minimum absolute atomic E-state index is 0.0946. The zero-order valence-corrected chi connectivity index (χ0v) is 19.6. The molecule has 3 nitrogen and oxygen atoms in total. The SMILES string of the molecule is CCOC(=O)C[C@H](NSC(C)(C)C)c1cc(-c2c(C)cc(C)cc2C)cc(F)c1F. The highest BCUT2D eigenvalue weighted by atomic mass is 32.2. The van der Waals surface area contributed by atoms with Gasteiger partial charge in [0.1, 0.15) is 0 Å². The largest absolute Gasteiger partial charge is 0.466 e. The van der Waals surface area contributed by atoms with Gasteiger partial charge in [-0.05, 0) is 82.9 Å². The van der Waals surface area contributed by atoms with Gasteiger partial charge in [0.2, 0.25) is 0 Å². The fourth-order valence-electron chi connectivity index (χ4n) is 3.49. The molecule has 0 aliphatic carbocycles. The number of halogens is 2. The predicted octanol–water partition coefficient (Wildman–Crippen LogP) is 6.59. The summed E-state index contributed by atoms with van der Waals surface area (Å²) >= 11 is 1.37. The number of hydrogen-bond acceptors (Lipinski definition) is 4. The maximum atomic E-state index is 14.9. The molecule has 0 unspecified atom stereocenters. The van der Waals surface area contributed by atoms with E-state index in [-0.39, 0.29) is 23.3 Å². The maximum absolute atomic E-state index is 14.9. The summed E-state index contributed by atoms with van der Waals surface area (Å²) in [5, 5.41) is 0. The summed E-state index contributed by atoms with van der Waals surface area (Å²) in [6.45, 7) is 13.9. The van der Waals surface area contributed by atoms with E-state index in [1.165, 1.54) is 18.0 Å². The molecule has 0 amide bonds. The summed E-state index contributed by atoms with van der Waals surface area (Å²) in [6.07, 6.45) is -0.0946. The van der Waals surface area contributed by atoms with Crippen molar-refractivity contribution in [3.8, 4) is 11.1 Å². The normalized spacial score (nSPS) is 12.7. The number of carbonyl (C=O) groups excluding carboxylic acids is 1. The first-order valence-electron chi connectivity index (χ1n) is 10.1. The third-order valence-electron chi connectivity index (χ3n) is 4.58. The number of rotatable bonds is 7. The quantitative estimate of drug-likeness (QED) is 0.393. The maximum Gasteiger partial charge on any atom is 0.307 e. The zero-order chi connectivity index (χ0) is 22.6. The summed E-state index contributed by atoms with van der Waals surface area (Å²) in [6, 6.07) is 6.18. The number of aryl methyl sites for hydroxylation is 3. The monoisotopic (exact) mass is 435 g/mol. The zero-order valence-electron chi connectivity index (χ0n) is 18.8. The lowest BCUT2D eigenvalue weighted by Gasteiger charge is -2.25. The van der Waals surface area contributed by atoms with Gasteiger partial charge in [0.25, 0.3) is 0 Å². The van der Waals surface area contributed by atoms with Crippen LogP contribution in [-0.4, -0.2) is 17.3 Å². The van der Waals surface area contributed by atoms with Crippen LogP contribution < -0.4 is 4.72 Å². The summed E-state index contributed by atoms with van der Waals surface area (Å²) in [7, 11) is 0. The Balaban J connectivity index is 2.56. The van der Waals surface area contributed by atoms with Crippen LogP contribution in [-0.2, 0) is 9.53 Å². The molecule has 2 aromatic rings. The van der Waals surface area contributed by atoms with Crippen molar-refractivity contribution in [1.82, 2.24) is 4.72 Å². The van der Waals surface area contributed by atoms with Crippen molar-refractivity contribution in [3.63, 3.8) is 0 Å². The van der Waals surface area contributed by atoms with E-state index in [0.717, 1.165) is 22.3 Å². The molecule has 0 aliphatic rings. The van der Waals surface area contributed by atoms with E-state index >= 15 is 0 Å². The number of nitrogens with one attached hydrogen (secondary N) is 1. The van der Waals surface area contributed by atoms with Gasteiger partial charge in [0, 0.05) is 10.3 Å². The third kappa shape index (κ3) is 6.29. The van der Waals surface area contributed by atoms with E-state index < -0.39 is 23.6 Å². The Hall–Kier alpha value is -1.92. The van der Waals surface area contributed by atoms with Gasteiger partial charge in [-0.15, -0.1) is 0 Å². The lowest BCUT2D eigenvalue weighted by atomic mass is 9.91. The van der Waals surface area contributed by atoms with Crippen molar-refractivity contribution in [1.29, 1.82) is 0 Å². The fourth-order valence-corrected chi connectivity index (χ4v) is 4.20. The molecule has 0 aromatic heterocycles. The Labute approximate surface area is 182 Å². The number of ether oxygens (including phenoxy) is 1. The second-order valence-corrected chi connectivity index (χ2v) is 10.2. The molecule has 2 aromatic carbocycles. The Morgan fingerprint density at radius 1 is 1.10 bits per heavy atom. The van der Waals surface area contributed by atoms with Crippen LogP contribution in [0.1, 0.15) is 62.4 Å². The number of carbonyl (C=O) groups is 1. The van der Waals surface area contributed by atoms with E-state index in [0.29, 0.717) is 5.56 Å². The second-order valence-electron chi connectivity index (χ2n) is 8.53. The van der Waals surface area contributed by atoms with E-state index in [2.05, 4.69) is 4.72 Å². The van der Waals surface area contributed by atoms with Crippen LogP contribution >= 0.6 is 11.9 Å². The molecule has 2 rings (SSSR count). The Bertz CT molecular complexity index is 899. The average molecular weight is 436 g/mol. The summed E-state index contributed by atoms with van der Waals surface area (Å²) in [4.78, 5) is 12.2. The Morgan fingerprint density at radius 2 is 1.70 bits per heavy atom. The van der Waals surface area contributed by atoms with Crippen molar-refractivity contribution >= 4 is 17.9 Å². The van der Waals surface area contributed by atoms with Crippen LogP contribution in [0.3, 0.4) is 0 Å². The van der Waals surface area contributed by atoms with Crippen molar-refractivity contribution in [2.75, 3.05) is 6.61 Å². The fraction of sp³-hybridized carbons (Fsp3) is 0.458. The van der Waals surface area contributed by atoms with E-state index in [9.17, 15) is 13.6 Å². The molecular formula is C24H31F2NO2S. The highest BCUT2D eigenvalue weighted by Gasteiger charge is 2.26. The first-order valence-corrected chi connectivity index (χ1v) is 10.9. The van der Waals surface area contributed by atoms with Gasteiger partial charge in [0.15, 0.2) is 11.6 Å². The van der Waals surface area contributed by atoms with Gasteiger partial charge in [-0.25, -0.2) is 8.78 Å². The molecule has 30 heavy (non-hydrogen) atoms. The summed E-state index contributed by atoms with van der Waals surface area (Å²) < 4.78 is 37.6. The van der Waals surface area contributed by atoms with E-state index in [1.807, 2.05) is 53.7 Å². The molecule has 0 bridgehead atoms. The highest BCUT2D eigenvalue weighted by molar-refractivity contribution is 7.98. The molecule has 164 valence electrons. The summed E-state index contributed by atoms with van der Waals surface area (Å²) in [5.41, 5.74) is 4.68. The standard InChI is InChI=1S/C24H31F2NO2S/c1-8-29-21(28)13-20(27-30-24(5,6)7)18-11-17(12-19(25)23(18)26)22-15(3)9-14(2)10-16(22)4/h9-12,20,27H,8,13H2,1-7H3/t20-/m0/s1. The molecule has 0 heterocycles. The molecule has 0 radical (unpaired) electrons. The van der Waals surface area contributed by atoms with Crippen molar-refractivity contribution in [2.24, 2.45) is 0 Å². The first kappa shape index (κ1) is 24.4. The van der Waals surface area contributed by atoms with Crippen molar-refractivity contribution in [2.45, 2.75) is 65.7 Å². The Kier molecular flexibility index (Phi) is 8.06. The van der Waals surface area contributed by atoms with Gasteiger partial charge in [0.05, 0.1) is 19.1 Å². The predicted molar refractivity (Wildman–Crippen MR) is 120 cm³/mol. The minimum Gasteiger partial charge on any atom is -0.466 e. The molecule has 0 saturated carbocycles. The molecule has 1 N–H and O–H groups in total. The van der Waals surface area contributed by atoms with Crippen LogP contribution in [0.25, 0.3) is 11.1 Å². The lowest BCUT2D eigenvalue weighted by Crippen LogP contribution is -2.25. The molecule has 0 aliphatic heterocycles. The van der Waals surface area contributed by atoms with Gasteiger partial charge < -0.3 is 4.74 Å². The van der Waals surface area contributed by atoms with Crippen LogP contribution in [0.2, 0.25) is 0 Å². The minimum atomic E-state index is -0.947. The van der Waals surface area contributed by atoms with E-state index in [1.54, 1.807) is 13.0 Å². The van der Waals surface area contributed by atoms with Gasteiger partial charge in [-0.2, -0.15) is 0 Å². The molecular weight excluding hydrogens is 404 g/mol.